The van der Waals surface area contributed by atoms with Gasteiger partial charge in [-0.15, -0.1) is 0 Å². The molecule has 0 aliphatic heterocycles. The van der Waals surface area contributed by atoms with Gasteiger partial charge in [0.15, 0.2) is 6.29 Å². The summed E-state index contributed by atoms with van der Waals surface area (Å²) < 4.78 is 9.94. The van der Waals surface area contributed by atoms with Crippen LogP contribution in [-0.4, -0.2) is 25.5 Å². The molecule has 0 heterocycles. The van der Waals surface area contributed by atoms with Crippen LogP contribution >= 0.6 is 0 Å². The van der Waals surface area contributed by atoms with E-state index in [0.717, 1.165) is 6.29 Å². The minimum atomic E-state index is -0.370. The predicted octanol–water partition coefficient (Wildman–Crippen LogP) is 2.44. The summed E-state index contributed by atoms with van der Waals surface area (Å²) in [5.41, 5.74) is 1.60. The van der Waals surface area contributed by atoms with Crippen molar-refractivity contribution < 1.29 is 19.1 Å². The smallest absolute Gasteiger partial charge is 0.338 e. The number of aldehydes is 1. The summed E-state index contributed by atoms with van der Waals surface area (Å²) in [6.07, 6.45) is 2.13. The lowest BCUT2D eigenvalue weighted by molar-refractivity contribution is -0.103. The van der Waals surface area contributed by atoms with Crippen molar-refractivity contribution in [3.63, 3.8) is 0 Å². The van der Waals surface area contributed by atoms with Crippen LogP contribution < -0.4 is 0 Å². The molecule has 0 N–H and O–H groups in total. The fraction of sp³-hybridized carbons (Fsp3) is 0.286. The molecular formula is C14H16O4. The molecule has 0 aliphatic rings. The lowest BCUT2D eigenvalue weighted by Crippen LogP contribution is -2.04. The third kappa shape index (κ3) is 3.73. The van der Waals surface area contributed by atoms with Gasteiger partial charge < -0.3 is 9.47 Å². The normalized spacial score (nSPS) is 10.9. The highest BCUT2D eigenvalue weighted by molar-refractivity contribution is 6.06. The highest BCUT2D eigenvalue weighted by Crippen LogP contribution is 2.14. The molecule has 0 unspecified atom stereocenters. The van der Waals surface area contributed by atoms with Gasteiger partial charge in [-0.1, -0.05) is 12.1 Å². The van der Waals surface area contributed by atoms with Gasteiger partial charge in [0.05, 0.1) is 30.6 Å². The molecular weight excluding hydrogens is 232 g/mol. The second-order valence-electron chi connectivity index (χ2n) is 3.44. The molecule has 0 aromatic heterocycles. The maximum absolute atomic E-state index is 11.4. The number of allylic oxidation sites excluding steroid dienone is 1. The lowest BCUT2D eigenvalue weighted by atomic mass is 10.1. The molecule has 0 radical (unpaired) electrons. The lowest BCUT2D eigenvalue weighted by Gasteiger charge is -2.04. The number of benzene rings is 1. The largest absolute Gasteiger partial charge is 0.501 e. The zero-order valence-corrected chi connectivity index (χ0v) is 10.5. The van der Waals surface area contributed by atoms with E-state index in [4.69, 9.17) is 9.47 Å². The van der Waals surface area contributed by atoms with Crippen LogP contribution in [0, 0.1) is 0 Å². The quantitative estimate of drug-likeness (QED) is 0.336. The molecule has 0 aliphatic carbocycles. The highest BCUT2D eigenvalue weighted by Gasteiger charge is 2.07. The maximum atomic E-state index is 11.4. The van der Waals surface area contributed by atoms with E-state index in [1.54, 1.807) is 31.2 Å². The van der Waals surface area contributed by atoms with Crippen LogP contribution in [0.3, 0.4) is 0 Å². The summed E-state index contributed by atoms with van der Waals surface area (Å²) in [7, 11) is 0. The molecule has 0 amide bonds. The summed E-state index contributed by atoms with van der Waals surface area (Å²) >= 11 is 0. The first kappa shape index (κ1) is 14.0. The van der Waals surface area contributed by atoms with Crippen molar-refractivity contribution >= 4 is 17.8 Å². The topological polar surface area (TPSA) is 52.6 Å². The molecule has 4 nitrogen and oxygen atoms in total. The van der Waals surface area contributed by atoms with Crippen molar-refractivity contribution in [3.8, 4) is 0 Å². The Kier molecular flexibility index (Phi) is 5.64. The van der Waals surface area contributed by atoms with Crippen molar-refractivity contribution in [2.75, 3.05) is 13.2 Å². The van der Waals surface area contributed by atoms with Gasteiger partial charge in [-0.05, 0) is 31.5 Å². The van der Waals surface area contributed by atoms with Gasteiger partial charge in [0.2, 0.25) is 0 Å². The van der Waals surface area contributed by atoms with Gasteiger partial charge in [-0.25, -0.2) is 4.79 Å². The second kappa shape index (κ2) is 7.27. The monoisotopic (exact) mass is 248 g/mol. The minimum Gasteiger partial charge on any atom is -0.501 e. The molecule has 0 saturated carbocycles. The summed E-state index contributed by atoms with van der Waals surface area (Å²) in [5, 5.41) is 0. The predicted molar refractivity (Wildman–Crippen MR) is 68.1 cm³/mol. The van der Waals surface area contributed by atoms with Crippen LogP contribution in [-0.2, 0) is 14.3 Å². The Hall–Kier alpha value is -2.10. The van der Waals surface area contributed by atoms with Crippen LogP contribution in [0.4, 0.5) is 0 Å². The Morgan fingerprint density at radius 2 is 1.72 bits per heavy atom. The molecule has 0 atom stereocenters. The van der Waals surface area contributed by atoms with Crippen molar-refractivity contribution in [2.24, 2.45) is 0 Å². The van der Waals surface area contributed by atoms with Gasteiger partial charge in [0.1, 0.15) is 0 Å². The Morgan fingerprint density at radius 1 is 1.11 bits per heavy atom. The third-order valence-corrected chi connectivity index (χ3v) is 2.23. The van der Waals surface area contributed by atoms with Gasteiger partial charge >= 0.3 is 5.97 Å². The molecule has 1 aromatic rings. The molecule has 0 spiro atoms. The van der Waals surface area contributed by atoms with E-state index in [2.05, 4.69) is 0 Å². The molecule has 96 valence electrons. The van der Waals surface area contributed by atoms with E-state index in [9.17, 15) is 9.59 Å². The number of rotatable bonds is 6. The van der Waals surface area contributed by atoms with Gasteiger partial charge in [0, 0.05) is 0 Å². The first-order chi connectivity index (χ1) is 8.72. The van der Waals surface area contributed by atoms with E-state index in [1.807, 2.05) is 6.92 Å². The molecule has 18 heavy (non-hydrogen) atoms. The molecule has 1 rings (SSSR count). The summed E-state index contributed by atoms with van der Waals surface area (Å²) in [6, 6.07) is 6.62. The fourth-order valence-corrected chi connectivity index (χ4v) is 1.35. The van der Waals surface area contributed by atoms with Gasteiger partial charge in [0.25, 0.3) is 0 Å². The average molecular weight is 248 g/mol. The first-order valence-electron chi connectivity index (χ1n) is 5.77. The summed E-state index contributed by atoms with van der Waals surface area (Å²) in [5.74, 6) is -0.370. The molecule has 0 saturated heterocycles. The molecule has 4 heteroatoms. The Balaban J connectivity index is 2.87. The highest BCUT2D eigenvalue weighted by atomic mass is 16.5. The molecule has 0 fully saturated rings. The number of hydrogen-bond donors (Lipinski definition) is 0. The number of carbonyl (C=O) groups excluding carboxylic acids is 2. The number of esters is 1. The average Bonchev–Trinajstić information content (AvgIpc) is 2.40. The van der Waals surface area contributed by atoms with Crippen molar-refractivity contribution in [3.05, 3.63) is 41.7 Å². The van der Waals surface area contributed by atoms with Gasteiger partial charge in [-0.3, -0.25) is 4.79 Å². The van der Waals surface area contributed by atoms with Crippen molar-refractivity contribution in [1.29, 1.82) is 0 Å². The van der Waals surface area contributed by atoms with Crippen LogP contribution in [0.15, 0.2) is 30.5 Å². The molecule has 0 bridgehead atoms. The molecule has 1 aromatic carbocycles. The van der Waals surface area contributed by atoms with Crippen LogP contribution in [0.1, 0.15) is 29.8 Å². The summed E-state index contributed by atoms with van der Waals surface area (Å²) in [4.78, 5) is 22.3. The van der Waals surface area contributed by atoms with E-state index in [-0.39, 0.29) is 5.97 Å². The maximum Gasteiger partial charge on any atom is 0.338 e. The van der Waals surface area contributed by atoms with E-state index >= 15 is 0 Å². The third-order valence-electron chi connectivity index (χ3n) is 2.23. The van der Waals surface area contributed by atoms with Gasteiger partial charge in [-0.2, -0.15) is 0 Å². The SMILES string of the molecule is CCOC=C(C=O)c1ccc(C(=O)OCC)cc1. The van der Waals surface area contributed by atoms with Crippen LogP contribution in [0.2, 0.25) is 0 Å². The zero-order chi connectivity index (χ0) is 13.4. The van der Waals surface area contributed by atoms with E-state index < -0.39 is 0 Å². The standard InChI is InChI=1S/C14H16O4/c1-3-17-10-13(9-15)11-5-7-12(8-6-11)14(16)18-4-2/h5-10H,3-4H2,1-2H3. The fourth-order valence-electron chi connectivity index (χ4n) is 1.35. The van der Waals surface area contributed by atoms with Crippen molar-refractivity contribution in [1.82, 2.24) is 0 Å². The Morgan fingerprint density at radius 3 is 2.22 bits per heavy atom. The number of carbonyl (C=O) groups is 2. The number of ether oxygens (including phenoxy) is 2. The summed E-state index contributed by atoms with van der Waals surface area (Å²) in [6.45, 7) is 4.42. The zero-order valence-electron chi connectivity index (χ0n) is 10.5. The minimum absolute atomic E-state index is 0.338. The van der Waals surface area contributed by atoms with Crippen molar-refractivity contribution in [2.45, 2.75) is 13.8 Å². The van der Waals surface area contributed by atoms with Crippen LogP contribution in [0.25, 0.3) is 5.57 Å². The Labute approximate surface area is 106 Å². The van der Waals surface area contributed by atoms with E-state index in [0.29, 0.717) is 29.9 Å². The Bertz CT molecular complexity index is 432. The van der Waals surface area contributed by atoms with Crippen LogP contribution in [0.5, 0.6) is 0 Å². The first-order valence-corrected chi connectivity index (χ1v) is 5.77. The second-order valence-corrected chi connectivity index (χ2v) is 3.44. The van der Waals surface area contributed by atoms with E-state index in [1.165, 1.54) is 6.26 Å². The number of hydrogen-bond acceptors (Lipinski definition) is 4.